The summed E-state index contributed by atoms with van der Waals surface area (Å²) >= 11 is 18.3. The molecule has 5 N–H and O–H groups in total. The molecule has 0 saturated carbocycles. The van der Waals surface area contributed by atoms with Crippen molar-refractivity contribution in [3.63, 3.8) is 0 Å². The lowest BCUT2D eigenvalue weighted by molar-refractivity contribution is -0.297. The third-order valence-corrected chi connectivity index (χ3v) is 12.7. The predicted octanol–water partition coefficient (Wildman–Crippen LogP) is 9.52. The van der Waals surface area contributed by atoms with Crippen molar-refractivity contribution in [2.24, 2.45) is 5.73 Å². The van der Waals surface area contributed by atoms with Gasteiger partial charge in [-0.25, -0.2) is 14.3 Å². The maximum Gasteiger partial charge on any atom is 0.455 e. The number of pyridine rings is 1. The van der Waals surface area contributed by atoms with Crippen molar-refractivity contribution in [3.8, 4) is 28.7 Å². The number of benzene rings is 4. The highest BCUT2D eigenvalue weighted by Gasteiger charge is 2.57. The van der Waals surface area contributed by atoms with E-state index >= 15 is 0 Å². The van der Waals surface area contributed by atoms with E-state index in [9.17, 15) is 40.0 Å². The van der Waals surface area contributed by atoms with Crippen LogP contribution >= 0.6 is 34.8 Å². The number of rotatable bonds is 12. The van der Waals surface area contributed by atoms with Gasteiger partial charge in [0.1, 0.15) is 18.1 Å². The van der Waals surface area contributed by atoms with Gasteiger partial charge in [0.25, 0.3) is 26.6 Å². The quantitative estimate of drug-likeness (QED) is 0.0761. The van der Waals surface area contributed by atoms with Crippen LogP contribution in [0.1, 0.15) is 59.6 Å². The third kappa shape index (κ3) is 15.4. The number of fused-ring (bicyclic) bond motifs is 1. The van der Waals surface area contributed by atoms with E-state index < -0.39 is 46.4 Å². The number of sulfonamides is 1. The van der Waals surface area contributed by atoms with E-state index in [0.717, 1.165) is 4.68 Å². The largest absolute Gasteiger partial charge is 0.496 e. The molecule has 0 bridgehead atoms. The minimum absolute atomic E-state index is 0.0664. The minimum Gasteiger partial charge on any atom is -0.496 e. The molecule has 0 saturated heterocycles. The molecule has 0 aliphatic carbocycles. The molecule has 0 atom stereocenters. The number of ether oxygens (including phenoxy) is 3. The van der Waals surface area contributed by atoms with Crippen LogP contribution in [0.25, 0.3) is 22.7 Å². The van der Waals surface area contributed by atoms with Crippen LogP contribution in [0, 0.1) is 20.8 Å². The number of nitrogens with one attached hydrogen (secondary N) is 1. The number of primary amides is 1. The summed E-state index contributed by atoms with van der Waals surface area (Å²) in [6, 6.07) is 29.5. The Bertz CT molecular complexity index is 3530. The number of carbonyl (C=O) groups excluding carboxylic acids is 1. The molecule has 0 aliphatic heterocycles. The molecule has 0 fully saturated rings. The molecule has 8 aromatic rings. The van der Waals surface area contributed by atoms with E-state index in [2.05, 4.69) is 58.9 Å². The van der Waals surface area contributed by atoms with Gasteiger partial charge >= 0.3 is 12.1 Å². The Morgan fingerprint density at radius 1 is 0.792 bits per heavy atom. The third-order valence-electron chi connectivity index (χ3n) is 10.4. The van der Waals surface area contributed by atoms with Gasteiger partial charge in [-0.15, -0.1) is 20.4 Å². The van der Waals surface area contributed by atoms with Crippen molar-refractivity contribution in [1.82, 2.24) is 44.2 Å². The first-order valence-corrected chi connectivity index (χ1v) is 24.9. The molecule has 19 nitrogen and oxygen atoms in total. The summed E-state index contributed by atoms with van der Waals surface area (Å²) in [5, 5.41) is 15.7. The van der Waals surface area contributed by atoms with Gasteiger partial charge in [-0.05, 0) is 56.2 Å². The molecule has 4 aromatic carbocycles. The molecule has 0 unspecified atom stereocenters. The number of alkyl halides is 5. The zero-order valence-electron chi connectivity index (χ0n) is 42.2. The monoisotopic (exact) mass is 1150 g/mol. The van der Waals surface area contributed by atoms with Crippen LogP contribution in [0.5, 0.6) is 11.6 Å². The van der Waals surface area contributed by atoms with Gasteiger partial charge in [-0.2, -0.15) is 39.9 Å². The smallest absolute Gasteiger partial charge is 0.455 e. The number of aromatic nitrogens is 9. The van der Waals surface area contributed by atoms with E-state index in [1.54, 1.807) is 62.4 Å². The average molecular weight is 1150 g/mol. The number of anilines is 1. The first kappa shape index (κ1) is 60.4. The van der Waals surface area contributed by atoms with E-state index in [0.29, 0.717) is 34.1 Å². The van der Waals surface area contributed by atoms with Gasteiger partial charge < -0.3 is 25.8 Å². The molecule has 77 heavy (non-hydrogen) atoms. The van der Waals surface area contributed by atoms with Gasteiger partial charge in [0, 0.05) is 28.1 Å². The van der Waals surface area contributed by atoms with Crippen molar-refractivity contribution >= 4 is 62.1 Å². The van der Waals surface area contributed by atoms with Crippen molar-refractivity contribution < 1.29 is 49.4 Å². The number of halogens is 8. The molecule has 0 radical (unpaired) electrons. The summed E-state index contributed by atoms with van der Waals surface area (Å²) < 4.78 is 109. The van der Waals surface area contributed by atoms with Crippen LogP contribution in [0.3, 0.4) is 0 Å². The Labute approximate surface area is 452 Å². The summed E-state index contributed by atoms with van der Waals surface area (Å²) in [5.41, 5.74) is 8.39. The van der Waals surface area contributed by atoms with E-state index in [1.165, 1.54) is 53.2 Å². The van der Waals surface area contributed by atoms with E-state index in [-0.39, 0.29) is 60.5 Å². The molecule has 28 heteroatoms. The number of hydrogen-bond donors (Lipinski definition) is 3. The molecular formula is C49H50Cl3F5N12O7S. The predicted molar refractivity (Wildman–Crippen MR) is 280 cm³/mol. The van der Waals surface area contributed by atoms with Gasteiger partial charge in [-0.1, -0.05) is 128 Å². The fourth-order valence-corrected chi connectivity index (χ4v) is 7.97. The number of methoxy groups -OCH3 is 2. The molecule has 410 valence electrons. The van der Waals surface area contributed by atoms with Gasteiger partial charge in [0.05, 0.1) is 42.2 Å². The Balaban J connectivity index is 0.000000212. The second kappa shape index (κ2) is 25.1. The second-order valence-electron chi connectivity index (χ2n) is 17.3. The van der Waals surface area contributed by atoms with Crippen molar-refractivity contribution in [1.29, 1.82) is 0 Å². The number of nitrogens with zero attached hydrogens (tertiary/aromatic N) is 9. The second-order valence-corrected chi connectivity index (χ2v) is 20.1. The molecule has 8 rings (SSSR count). The number of nitrogen functional groups attached to an aromatic ring is 1. The van der Waals surface area contributed by atoms with E-state index in [1.807, 2.05) is 39.0 Å². The minimum atomic E-state index is -5.73. The Morgan fingerprint density at radius 3 is 1.97 bits per heavy atom. The van der Waals surface area contributed by atoms with Gasteiger partial charge in [0.15, 0.2) is 17.3 Å². The van der Waals surface area contributed by atoms with Gasteiger partial charge in [-0.3, -0.25) is 14.3 Å². The van der Waals surface area contributed by atoms with Crippen LogP contribution < -0.4 is 31.3 Å². The molecule has 4 heterocycles. The normalized spacial score (nSPS) is 11.6. The summed E-state index contributed by atoms with van der Waals surface area (Å²) in [6.45, 7) is 8.67. The van der Waals surface area contributed by atoms with Crippen molar-refractivity contribution in [3.05, 3.63) is 163 Å². The Morgan fingerprint density at radius 2 is 1.42 bits per heavy atom. The zero-order valence-corrected chi connectivity index (χ0v) is 45.3. The molecule has 1 amide bonds. The van der Waals surface area contributed by atoms with Crippen LogP contribution in [0.4, 0.5) is 27.6 Å². The molecule has 4 aromatic heterocycles. The Hall–Kier alpha value is -7.45. The fourth-order valence-electron chi connectivity index (χ4n) is 6.24. The Kier molecular flexibility index (Phi) is 19.7. The summed E-state index contributed by atoms with van der Waals surface area (Å²) in [7, 11) is -1.24. The lowest BCUT2D eigenvalue weighted by atomic mass is 9.93. The maximum atomic E-state index is 13.0. The topological polar surface area (TPSA) is 252 Å². The SMILES string of the molecule is COc1cc(OC)n2nc(S(=O)(=O)Nc3c(Cl)ccc(C)c3Cl)nc2c1.Cc1ccccc1.Cc1nnc(C(C)(C)C)c(=O)n1N.NC(=O)c1nc(-c2ccccc2)n(-c2ccc(Cl)c(COCC(F)(F)C(F)(F)F)c2)n1. The number of amides is 1. The fraction of sp³-hybridized carbons (Fsp3) is 0.265. The highest BCUT2D eigenvalue weighted by atomic mass is 35.5. The standard InChI is InChI=1S/C19H14ClF5N4O2.C15H14Cl2N4O4S.C8H14N4O.C7H8/c20-14-7-6-13(8-12(14)9-31-10-18(21,22)19(23,24)25)29-17(11-4-2-1-3-5-11)27-16(28-29)15(26)30;1-8-4-5-10(16)14(13(8)17)20-26(22,23)15-18-11-6-9(24-2)7-12(25-3)21(11)19-15;1-5-10-11-6(8(2,3)4)7(13)12(5)9;1-7-5-3-2-4-6-7/h1-8H,9-10H2,(H2,26,30);4-7,20H,1-3H3;9H2,1-4H3;2-6H,1H3. The van der Waals surface area contributed by atoms with Crippen LogP contribution in [-0.4, -0.2) is 91.5 Å². The number of nitrogens with two attached hydrogens (primary N) is 2. The molecular weight excluding hydrogens is 1100 g/mol. The van der Waals surface area contributed by atoms with Gasteiger partial charge in [0.2, 0.25) is 11.7 Å². The van der Waals surface area contributed by atoms with Crippen molar-refractivity contribution in [2.75, 3.05) is 31.4 Å². The van der Waals surface area contributed by atoms with Crippen LogP contribution in [0.2, 0.25) is 15.1 Å². The summed E-state index contributed by atoms with van der Waals surface area (Å²) in [6.07, 6.45) is -5.73. The first-order valence-electron chi connectivity index (χ1n) is 22.3. The number of hydrogen-bond acceptors (Lipinski definition) is 14. The van der Waals surface area contributed by atoms with Crippen LogP contribution in [-0.2, 0) is 26.8 Å². The van der Waals surface area contributed by atoms with Crippen molar-refractivity contribution in [2.45, 2.75) is 70.8 Å². The highest BCUT2D eigenvalue weighted by Crippen LogP contribution is 2.37. The molecule has 0 aliphatic rings. The first-order chi connectivity index (χ1) is 36.0. The lowest BCUT2D eigenvalue weighted by Gasteiger charge is -2.19. The van der Waals surface area contributed by atoms with Crippen LogP contribution in [0.15, 0.2) is 113 Å². The highest BCUT2D eigenvalue weighted by molar-refractivity contribution is 7.92. The molecule has 0 spiro atoms. The lowest BCUT2D eigenvalue weighted by Crippen LogP contribution is -2.40. The zero-order chi connectivity index (χ0) is 57.2. The summed E-state index contributed by atoms with van der Waals surface area (Å²) in [5.74, 6) is 0.724. The number of aryl methyl sites for hydroxylation is 3. The van der Waals surface area contributed by atoms with E-state index in [4.69, 9.17) is 55.9 Å². The maximum absolute atomic E-state index is 13.0. The number of carbonyl (C=O) groups is 1. The average Bonchev–Trinajstić information content (AvgIpc) is 4.04. The summed E-state index contributed by atoms with van der Waals surface area (Å²) in [4.78, 5) is 31.3.